The van der Waals surface area contributed by atoms with Crippen molar-refractivity contribution in [3.05, 3.63) is 29.8 Å². The highest BCUT2D eigenvalue weighted by Gasteiger charge is 2.51. The molecule has 0 saturated carbocycles. The summed E-state index contributed by atoms with van der Waals surface area (Å²) in [4.78, 5) is 11.9. The van der Waals surface area contributed by atoms with Gasteiger partial charge in [-0.25, -0.2) is 4.79 Å². The summed E-state index contributed by atoms with van der Waals surface area (Å²) in [5.74, 6) is -0.718. The molecule has 2 heterocycles. The van der Waals surface area contributed by atoms with Gasteiger partial charge < -0.3 is 59.4 Å². The lowest BCUT2D eigenvalue weighted by molar-refractivity contribution is -0.352. The third kappa shape index (κ3) is 5.27. The standard InChI is InChI=1S/C20H28O13/c1-29-18(28)8-4-2-3-5-9(8)30-19-16(27)14(25)17(11(7-22)32-19)33-20-15(26)13(24)12(23)10(6-21)31-20/h2-5,10-17,19-27H,6-7H2,1H3/t10-,11-,12+,13+,14-,15-,16-,17-,19-,20+/m1/s1. The van der Waals surface area contributed by atoms with E-state index < -0.39 is 80.6 Å². The fraction of sp³-hybridized carbons (Fsp3) is 0.650. The number of aliphatic hydroxyl groups excluding tert-OH is 7. The number of esters is 1. The van der Waals surface area contributed by atoms with Crippen LogP contribution in [0.4, 0.5) is 0 Å². The molecule has 2 aliphatic heterocycles. The predicted octanol–water partition coefficient (Wildman–Crippen LogP) is -3.52. The fourth-order valence-electron chi connectivity index (χ4n) is 3.63. The molecule has 2 aliphatic rings. The molecule has 1 aromatic carbocycles. The van der Waals surface area contributed by atoms with Gasteiger partial charge in [0.25, 0.3) is 0 Å². The van der Waals surface area contributed by atoms with Crippen LogP contribution >= 0.6 is 0 Å². The Morgan fingerprint density at radius 1 is 0.848 bits per heavy atom. The van der Waals surface area contributed by atoms with Crippen molar-refractivity contribution < 1.29 is 64.2 Å². The average molecular weight is 476 g/mol. The van der Waals surface area contributed by atoms with Crippen LogP contribution in [0.1, 0.15) is 10.4 Å². The zero-order valence-corrected chi connectivity index (χ0v) is 17.6. The van der Waals surface area contributed by atoms with Gasteiger partial charge in [0.2, 0.25) is 6.29 Å². The second-order valence-electron chi connectivity index (χ2n) is 7.61. The van der Waals surface area contributed by atoms with Crippen molar-refractivity contribution in [1.82, 2.24) is 0 Å². The second-order valence-corrected chi connectivity index (χ2v) is 7.61. The Balaban J connectivity index is 1.75. The van der Waals surface area contributed by atoms with Gasteiger partial charge in [0.05, 0.1) is 20.3 Å². The highest BCUT2D eigenvalue weighted by Crippen LogP contribution is 2.31. The molecule has 3 rings (SSSR count). The van der Waals surface area contributed by atoms with Crippen LogP contribution in [0.2, 0.25) is 0 Å². The quantitative estimate of drug-likeness (QED) is 0.191. The van der Waals surface area contributed by atoms with Gasteiger partial charge in [-0.05, 0) is 12.1 Å². The predicted molar refractivity (Wildman–Crippen MR) is 105 cm³/mol. The maximum atomic E-state index is 11.9. The molecule has 0 bridgehead atoms. The lowest BCUT2D eigenvalue weighted by atomic mass is 9.97. The van der Waals surface area contributed by atoms with Gasteiger partial charge in [0, 0.05) is 0 Å². The molecule has 0 aromatic heterocycles. The molecule has 7 N–H and O–H groups in total. The van der Waals surface area contributed by atoms with Crippen LogP contribution in [-0.2, 0) is 18.9 Å². The Labute approximate surface area is 188 Å². The van der Waals surface area contributed by atoms with E-state index in [0.29, 0.717) is 0 Å². The lowest BCUT2D eigenvalue weighted by Crippen LogP contribution is -2.65. The Kier molecular flexibility index (Phi) is 8.58. The second kappa shape index (κ2) is 11.0. The maximum Gasteiger partial charge on any atom is 0.341 e. The molecule has 0 aliphatic carbocycles. The van der Waals surface area contributed by atoms with Crippen molar-refractivity contribution in [2.75, 3.05) is 20.3 Å². The highest BCUT2D eigenvalue weighted by atomic mass is 16.7. The van der Waals surface area contributed by atoms with Crippen LogP contribution in [0.3, 0.4) is 0 Å². The van der Waals surface area contributed by atoms with Gasteiger partial charge >= 0.3 is 5.97 Å². The minimum Gasteiger partial charge on any atom is -0.465 e. The molecule has 186 valence electrons. The molecule has 33 heavy (non-hydrogen) atoms. The summed E-state index contributed by atoms with van der Waals surface area (Å²) in [5, 5.41) is 70.2. The Hall–Kier alpha value is -1.91. The van der Waals surface area contributed by atoms with Crippen molar-refractivity contribution in [2.45, 2.75) is 61.4 Å². The number of aliphatic hydroxyl groups is 7. The zero-order valence-electron chi connectivity index (χ0n) is 17.6. The molecular weight excluding hydrogens is 448 g/mol. The van der Waals surface area contributed by atoms with Gasteiger partial charge in [-0.2, -0.15) is 0 Å². The number of carbonyl (C=O) groups is 1. The van der Waals surface area contributed by atoms with E-state index in [-0.39, 0.29) is 11.3 Å². The van der Waals surface area contributed by atoms with Crippen LogP contribution in [0.25, 0.3) is 0 Å². The van der Waals surface area contributed by atoms with Crippen molar-refractivity contribution in [2.24, 2.45) is 0 Å². The van der Waals surface area contributed by atoms with Crippen molar-refractivity contribution >= 4 is 5.97 Å². The first-order chi connectivity index (χ1) is 15.7. The highest BCUT2D eigenvalue weighted by molar-refractivity contribution is 5.92. The molecule has 0 radical (unpaired) electrons. The SMILES string of the molecule is COC(=O)c1ccccc1O[C@@H]1O[C@H](CO)[C@@H](O[C@@H]2O[C@H](CO)[C@H](O)[C@H](O)[C@H]2O)[C@H](O)[C@H]1O. The number of hydrogen-bond donors (Lipinski definition) is 7. The first-order valence-electron chi connectivity index (χ1n) is 10.2. The summed E-state index contributed by atoms with van der Waals surface area (Å²) in [7, 11) is 1.18. The van der Waals surface area contributed by atoms with Crippen molar-refractivity contribution in [3.8, 4) is 5.75 Å². The summed E-state index contributed by atoms with van der Waals surface area (Å²) in [5.41, 5.74) is 0.0329. The largest absolute Gasteiger partial charge is 0.465 e. The minimum absolute atomic E-state index is 0.00871. The van der Waals surface area contributed by atoms with Crippen LogP contribution in [0, 0.1) is 0 Å². The molecular formula is C20H28O13. The van der Waals surface area contributed by atoms with Crippen LogP contribution in [0.5, 0.6) is 5.75 Å². The lowest BCUT2D eigenvalue weighted by Gasteiger charge is -2.45. The third-order valence-electron chi connectivity index (χ3n) is 5.50. The molecule has 2 fully saturated rings. The number of carbonyl (C=O) groups excluding carboxylic acids is 1. The molecule has 2 saturated heterocycles. The molecule has 1 aromatic rings. The average Bonchev–Trinajstić information content (AvgIpc) is 2.83. The monoisotopic (exact) mass is 476 g/mol. The van der Waals surface area contributed by atoms with Crippen molar-refractivity contribution in [1.29, 1.82) is 0 Å². The number of rotatable bonds is 7. The van der Waals surface area contributed by atoms with E-state index >= 15 is 0 Å². The van der Waals surface area contributed by atoms with E-state index in [2.05, 4.69) is 4.74 Å². The van der Waals surface area contributed by atoms with E-state index in [4.69, 9.17) is 18.9 Å². The number of para-hydroxylation sites is 1. The van der Waals surface area contributed by atoms with Gasteiger partial charge in [-0.3, -0.25) is 0 Å². The summed E-state index contributed by atoms with van der Waals surface area (Å²) in [6.45, 7) is -1.42. The normalized spacial score (nSPS) is 39.2. The van der Waals surface area contributed by atoms with Gasteiger partial charge in [-0.1, -0.05) is 12.1 Å². The molecule has 0 spiro atoms. The number of ether oxygens (including phenoxy) is 5. The van der Waals surface area contributed by atoms with Crippen LogP contribution < -0.4 is 4.74 Å². The van der Waals surface area contributed by atoms with Gasteiger partial charge in [0.1, 0.15) is 60.1 Å². The van der Waals surface area contributed by atoms with E-state index in [9.17, 15) is 40.5 Å². The summed E-state index contributed by atoms with van der Waals surface area (Å²) in [6, 6.07) is 5.95. The molecule has 13 heteroatoms. The molecule has 13 nitrogen and oxygen atoms in total. The third-order valence-corrected chi connectivity index (χ3v) is 5.50. The molecule has 0 amide bonds. The number of hydrogen-bond acceptors (Lipinski definition) is 13. The molecule has 0 unspecified atom stereocenters. The van der Waals surface area contributed by atoms with E-state index in [0.717, 1.165) is 0 Å². The number of benzene rings is 1. The first kappa shape index (κ1) is 25.7. The Morgan fingerprint density at radius 3 is 2.09 bits per heavy atom. The van der Waals surface area contributed by atoms with Crippen molar-refractivity contribution in [3.63, 3.8) is 0 Å². The maximum absolute atomic E-state index is 11.9. The zero-order chi connectivity index (χ0) is 24.3. The Morgan fingerprint density at radius 2 is 1.45 bits per heavy atom. The summed E-state index contributed by atoms with van der Waals surface area (Å²) >= 11 is 0. The Bertz CT molecular complexity index is 787. The van der Waals surface area contributed by atoms with E-state index in [1.54, 1.807) is 12.1 Å². The first-order valence-corrected chi connectivity index (χ1v) is 10.2. The topological polar surface area (TPSA) is 205 Å². The fourth-order valence-corrected chi connectivity index (χ4v) is 3.63. The summed E-state index contributed by atoms with van der Waals surface area (Å²) < 4.78 is 26.5. The van der Waals surface area contributed by atoms with E-state index in [1.165, 1.54) is 19.2 Å². The number of methoxy groups -OCH3 is 1. The summed E-state index contributed by atoms with van der Waals surface area (Å²) in [6.07, 6.45) is -15.8. The molecule has 10 atom stereocenters. The van der Waals surface area contributed by atoms with Crippen LogP contribution in [-0.4, -0.2) is 123 Å². The van der Waals surface area contributed by atoms with Crippen LogP contribution in [0.15, 0.2) is 24.3 Å². The smallest absolute Gasteiger partial charge is 0.341 e. The van der Waals surface area contributed by atoms with Gasteiger partial charge in [-0.15, -0.1) is 0 Å². The minimum atomic E-state index is -1.77. The van der Waals surface area contributed by atoms with E-state index in [1.807, 2.05) is 0 Å². The van der Waals surface area contributed by atoms with Gasteiger partial charge in [0.15, 0.2) is 6.29 Å².